The zero-order valence-corrected chi connectivity index (χ0v) is 38.5. The largest absolute Gasteiger partial charge is 0.493 e. The molecule has 4 aromatic rings. The topological polar surface area (TPSA) is 27.7 Å². The first kappa shape index (κ1) is 44.4. The van der Waals surface area contributed by atoms with Crippen LogP contribution in [0.4, 0.5) is 0 Å². The molecule has 0 heterocycles. The van der Waals surface area contributed by atoms with Gasteiger partial charge < -0.3 is 14.2 Å². The van der Waals surface area contributed by atoms with E-state index in [1.807, 2.05) is 0 Å². The van der Waals surface area contributed by atoms with Crippen molar-refractivity contribution in [1.29, 1.82) is 0 Å². The van der Waals surface area contributed by atoms with Crippen molar-refractivity contribution in [2.45, 2.75) is 135 Å². The van der Waals surface area contributed by atoms with E-state index in [0.29, 0.717) is 0 Å². The van der Waals surface area contributed by atoms with Gasteiger partial charge in [-0.25, -0.2) is 0 Å². The molecule has 0 spiro atoms. The van der Waals surface area contributed by atoms with E-state index in [1.165, 1.54) is 66.8 Å². The van der Waals surface area contributed by atoms with E-state index in [2.05, 4.69) is 144 Å². The number of benzene rings is 4. The quantitative estimate of drug-likeness (QED) is 0.0518. The van der Waals surface area contributed by atoms with Crippen LogP contribution in [0.2, 0.25) is 0 Å². The minimum Gasteiger partial charge on any atom is -0.493 e. The highest BCUT2D eigenvalue weighted by Gasteiger charge is 2.19. The Morgan fingerprint density at radius 2 is 0.574 bits per heavy atom. The predicted molar refractivity (Wildman–Crippen MR) is 244 cm³/mol. The summed E-state index contributed by atoms with van der Waals surface area (Å²) in [5, 5.41) is 2.23. The second kappa shape index (κ2) is 23.7. The molecule has 3 nitrogen and oxygen atoms in total. The summed E-state index contributed by atoms with van der Waals surface area (Å²) < 4.78 is 19.4. The van der Waals surface area contributed by atoms with Crippen LogP contribution >= 0.6 is 47.8 Å². The Morgan fingerprint density at radius 1 is 0.333 bits per heavy atom. The van der Waals surface area contributed by atoms with Gasteiger partial charge in [-0.2, -0.15) is 0 Å². The highest BCUT2D eigenvalue weighted by molar-refractivity contribution is 9.09. The van der Waals surface area contributed by atoms with Crippen molar-refractivity contribution in [3.63, 3.8) is 0 Å². The second-order valence-electron chi connectivity index (χ2n) is 14.4. The molecule has 0 radical (unpaired) electrons. The first-order chi connectivity index (χ1) is 26.4. The van der Waals surface area contributed by atoms with Crippen molar-refractivity contribution in [2.24, 2.45) is 0 Å². The van der Waals surface area contributed by atoms with E-state index in [4.69, 9.17) is 14.2 Å². The van der Waals surface area contributed by atoms with Crippen LogP contribution in [0, 0.1) is 0 Å². The van der Waals surface area contributed by atoms with Gasteiger partial charge in [0.15, 0.2) is 0 Å². The fraction of sp³-hybridized carbons (Fsp3) is 0.500. The Labute approximate surface area is 352 Å². The third-order valence-corrected chi connectivity index (χ3v) is 11.7. The van der Waals surface area contributed by atoms with Gasteiger partial charge in [-0.15, -0.1) is 0 Å². The van der Waals surface area contributed by atoms with Gasteiger partial charge in [0, 0.05) is 32.7 Å². The molecule has 0 bridgehead atoms. The van der Waals surface area contributed by atoms with Gasteiger partial charge in [-0.05, 0) is 143 Å². The van der Waals surface area contributed by atoms with Gasteiger partial charge in [0.05, 0.1) is 19.8 Å². The van der Waals surface area contributed by atoms with Crippen LogP contribution in [-0.2, 0) is 35.3 Å². The lowest BCUT2D eigenvalue weighted by molar-refractivity contribution is 0.304. The summed E-state index contributed by atoms with van der Waals surface area (Å²) in [6.45, 7) is 15.6. The summed E-state index contributed by atoms with van der Waals surface area (Å²) in [5.41, 5.74) is 14.8. The average molecular weight is 928 g/mol. The van der Waals surface area contributed by atoms with E-state index in [9.17, 15) is 0 Å². The molecule has 6 heteroatoms. The second-order valence-corrected chi connectivity index (χ2v) is 16.1. The van der Waals surface area contributed by atoms with Crippen LogP contribution in [-0.4, -0.2) is 19.8 Å². The molecule has 54 heavy (non-hydrogen) atoms. The normalized spacial score (nSPS) is 11.3. The number of rotatable bonds is 24. The molecule has 0 saturated heterocycles. The summed E-state index contributed by atoms with van der Waals surface area (Å²) in [5.74, 6) is 3.16. The van der Waals surface area contributed by atoms with Gasteiger partial charge >= 0.3 is 0 Å². The molecule has 0 aliphatic heterocycles. The van der Waals surface area contributed by atoms with E-state index in [0.717, 1.165) is 130 Å². The summed E-state index contributed by atoms with van der Waals surface area (Å²) in [6.07, 6.45) is 12.6. The number of hydrogen-bond acceptors (Lipinski definition) is 3. The SMILES string of the molecule is CCCCOc1c(CBr)cc(-c2cc(-c3cc(CBr)c(OCCCC)c(CCC)c3)cc(-c3cc(CBr)c(OCCCC)c(CCC)c3)c2)cc1CCC. The van der Waals surface area contributed by atoms with Crippen LogP contribution in [0.5, 0.6) is 17.2 Å². The summed E-state index contributed by atoms with van der Waals surface area (Å²) in [7, 11) is 0. The number of aryl methyl sites for hydroxylation is 3. The standard InChI is InChI=1S/C48H63Br3O3/c1-7-13-19-52-46-34(16-10-4)22-37(28-43(46)31-49)40-25-41(38-23-35(17-11-5)47(44(29-38)32-50)53-20-14-8-2)27-42(26-40)39-24-36(18-12-6)48(45(30-39)33-51)54-21-15-9-3/h22-30H,7-21,31-33H2,1-6H3. The first-order valence-corrected chi connectivity index (χ1v) is 24.0. The van der Waals surface area contributed by atoms with Crippen LogP contribution in [0.1, 0.15) is 133 Å². The highest BCUT2D eigenvalue weighted by Crippen LogP contribution is 2.41. The zero-order valence-electron chi connectivity index (χ0n) is 33.8. The maximum atomic E-state index is 6.48. The fourth-order valence-corrected chi connectivity index (χ4v) is 8.32. The summed E-state index contributed by atoms with van der Waals surface area (Å²) >= 11 is 11.5. The maximum absolute atomic E-state index is 6.48. The Bertz CT molecular complexity index is 1550. The predicted octanol–water partition coefficient (Wildman–Crippen LogP) is 15.8. The van der Waals surface area contributed by atoms with Crippen molar-refractivity contribution in [3.05, 3.63) is 88.0 Å². The number of alkyl halides is 3. The van der Waals surface area contributed by atoms with Gasteiger partial charge in [0.1, 0.15) is 17.2 Å². The van der Waals surface area contributed by atoms with Gasteiger partial charge in [0.2, 0.25) is 0 Å². The molecule has 0 aliphatic rings. The minimum atomic E-state index is 0.745. The molecular formula is C48H63Br3O3. The number of unbranched alkanes of at least 4 members (excludes halogenated alkanes) is 3. The highest BCUT2D eigenvalue weighted by atomic mass is 79.9. The van der Waals surface area contributed by atoms with E-state index in [-0.39, 0.29) is 0 Å². The molecule has 4 rings (SSSR count). The molecule has 0 amide bonds. The number of halogens is 3. The molecule has 294 valence electrons. The van der Waals surface area contributed by atoms with E-state index < -0.39 is 0 Å². The van der Waals surface area contributed by atoms with Gasteiger partial charge in [0.25, 0.3) is 0 Å². The van der Waals surface area contributed by atoms with Crippen LogP contribution in [0.15, 0.2) is 54.6 Å². The Kier molecular flexibility index (Phi) is 19.5. The van der Waals surface area contributed by atoms with Crippen LogP contribution in [0.25, 0.3) is 33.4 Å². The zero-order chi connectivity index (χ0) is 38.9. The van der Waals surface area contributed by atoms with E-state index in [1.54, 1.807) is 0 Å². The Hall–Kier alpha value is -2.28. The van der Waals surface area contributed by atoms with Crippen molar-refractivity contribution in [1.82, 2.24) is 0 Å². The lowest BCUT2D eigenvalue weighted by Crippen LogP contribution is -2.04. The minimum absolute atomic E-state index is 0.745. The third kappa shape index (κ3) is 11.9. The lowest BCUT2D eigenvalue weighted by Gasteiger charge is -2.20. The summed E-state index contributed by atoms with van der Waals surface area (Å²) in [6, 6.07) is 21.4. The van der Waals surface area contributed by atoms with Crippen molar-refractivity contribution in [3.8, 4) is 50.6 Å². The maximum Gasteiger partial charge on any atom is 0.126 e. The molecular weight excluding hydrogens is 864 g/mol. The molecule has 0 aliphatic carbocycles. The van der Waals surface area contributed by atoms with Crippen LogP contribution in [0.3, 0.4) is 0 Å². The third-order valence-electron chi connectivity index (χ3n) is 9.88. The smallest absolute Gasteiger partial charge is 0.126 e. The lowest BCUT2D eigenvalue weighted by atomic mass is 9.89. The van der Waals surface area contributed by atoms with Crippen molar-refractivity contribution < 1.29 is 14.2 Å². The average Bonchev–Trinajstić information content (AvgIpc) is 3.19. The molecule has 4 aromatic carbocycles. The van der Waals surface area contributed by atoms with Crippen molar-refractivity contribution in [2.75, 3.05) is 19.8 Å². The monoisotopic (exact) mass is 924 g/mol. The number of ether oxygens (including phenoxy) is 3. The van der Waals surface area contributed by atoms with Gasteiger partial charge in [-0.1, -0.05) is 128 Å². The van der Waals surface area contributed by atoms with E-state index >= 15 is 0 Å². The molecule has 0 aromatic heterocycles. The first-order valence-electron chi connectivity index (χ1n) is 20.6. The Balaban J connectivity index is 2.01. The molecule has 0 N–H and O–H groups in total. The Morgan fingerprint density at radius 3 is 0.796 bits per heavy atom. The molecule has 0 unspecified atom stereocenters. The fourth-order valence-electron chi connectivity index (χ4n) is 7.07. The van der Waals surface area contributed by atoms with Crippen LogP contribution < -0.4 is 14.2 Å². The molecule has 0 fully saturated rings. The number of hydrogen-bond donors (Lipinski definition) is 0. The van der Waals surface area contributed by atoms with Gasteiger partial charge in [-0.3, -0.25) is 0 Å². The molecule has 0 saturated carbocycles. The van der Waals surface area contributed by atoms with Crippen molar-refractivity contribution >= 4 is 47.8 Å². The molecule has 0 atom stereocenters. The summed E-state index contributed by atoms with van der Waals surface area (Å²) in [4.78, 5) is 0.